The highest BCUT2D eigenvalue weighted by atomic mass is 32.2. The van der Waals surface area contributed by atoms with Crippen LogP contribution < -0.4 is 4.90 Å². The van der Waals surface area contributed by atoms with Crippen molar-refractivity contribution in [3.05, 3.63) is 78.1 Å². The Morgan fingerprint density at radius 1 is 1.13 bits per heavy atom. The maximum Gasteiger partial charge on any atom is 0.260 e. The van der Waals surface area contributed by atoms with E-state index >= 15 is 0 Å². The van der Waals surface area contributed by atoms with E-state index in [4.69, 9.17) is 9.72 Å². The van der Waals surface area contributed by atoms with Crippen LogP contribution in [0.15, 0.2) is 76.8 Å². The van der Waals surface area contributed by atoms with Crippen molar-refractivity contribution in [3.8, 4) is 0 Å². The van der Waals surface area contributed by atoms with E-state index in [2.05, 4.69) is 11.1 Å². The van der Waals surface area contributed by atoms with Gasteiger partial charge in [-0.2, -0.15) is 4.31 Å². The molecule has 1 amide bonds. The number of sulfonamides is 1. The SMILES string of the molecule is CSc1ccc2nc(N(Cc3cccnc3)C(=O)c3ccc(S(=O)(=O)N4CC(C)OC(C)C4)cc3)sc2c1. The third-order valence-electron chi connectivity index (χ3n) is 6.25. The van der Waals surface area contributed by atoms with Crippen molar-refractivity contribution in [1.29, 1.82) is 0 Å². The lowest BCUT2D eigenvalue weighted by atomic mass is 10.2. The Morgan fingerprint density at radius 2 is 1.87 bits per heavy atom. The number of hydrogen-bond acceptors (Lipinski definition) is 8. The molecule has 5 rings (SSSR count). The van der Waals surface area contributed by atoms with Gasteiger partial charge in [0.1, 0.15) is 0 Å². The van der Waals surface area contributed by atoms with E-state index in [9.17, 15) is 13.2 Å². The van der Waals surface area contributed by atoms with Crippen molar-refractivity contribution < 1.29 is 17.9 Å². The first-order valence-electron chi connectivity index (χ1n) is 12.2. The molecule has 1 fully saturated rings. The molecule has 2 aromatic carbocycles. The van der Waals surface area contributed by atoms with Gasteiger partial charge in [0, 0.05) is 35.9 Å². The maximum atomic E-state index is 13.8. The quantitative estimate of drug-likeness (QED) is 0.288. The summed E-state index contributed by atoms with van der Waals surface area (Å²) in [6, 6.07) is 15.9. The molecule has 1 saturated heterocycles. The van der Waals surface area contributed by atoms with Gasteiger partial charge in [0.15, 0.2) is 5.13 Å². The van der Waals surface area contributed by atoms with Gasteiger partial charge in [-0.3, -0.25) is 14.7 Å². The number of carbonyl (C=O) groups is 1. The fourth-order valence-electron chi connectivity index (χ4n) is 4.44. The molecule has 2 atom stereocenters. The van der Waals surface area contributed by atoms with Crippen LogP contribution in [0, 0.1) is 0 Å². The number of carbonyl (C=O) groups excluding carboxylic acids is 1. The summed E-state index contributed by atoms with van der Waals surface area (Å²) in [5, 5.41) is 0.570. The summed E-state index contributed by atoms with van der Waals surface area (Å²) < 4.78 is 34.7. The summed E-state index contributed by atoms with van der Waals surface area (Å²) in [6.45, 7) is 4.59. The van der Waals surface area contributed by atoms with Gasteiger partial charge < -0.3 is 4.74 Å². The minimum atomic E-state index is -3.71. The van der Waals surface area contributed by atoms with E-state index in [1.807, 2.05) is 44.4 Å². The Bertz CT molecular complexity index is 1530. The number of pyridine rings is 1. The Hall–Kier alpha value is -2.83. The molecule has 8 nitrogen and oxygen atoms in total. The summed E-state index contributed by atoms with van der Waals surface area (Å²) in [7, 11) is -3.71. The van der Waals surface area contributed by atoms with Crippen LogP contribution in [0.25, 0.3) is 10.2 Å². The highest BCUT2D eigenvalue weighted by molar-refractivity contribution is 7.98. The fourth-order valence-corrected chi connectivity index (χ4v) is 7.54. The standard InChI is InChI=1S/C27H28N4O4S3/c1-18-15-30(16-19(2)35-18)38(33,34)23-9-6-21(7-10-23)26(32)31(17-20-5-4-12-28-14-20)27-29-24-11-8-22(36-3)13-25(24)37-27/h4-14,18-19H,15-17H2,1-3H3. The zero-order valence-electron chi connectivity index (χ0n) is 21.3. The molecular formula is C27H28N4O4S3. The molecule has 1 aliphatic rings. The van der Waals surface area contributed by atoms with Crippen LogP contribution in [0.4, 0.5) is 5.13 Å². The zero-order chi connectivity index (χ0) is 26.9. The Balaban J connectivity index is 1.45. The Kier molecular flexibility index (Phi) is 7.83. The predicted molar refractivity (Wildman–Crippen MR) is 151 cm³/mol. The number of thioether (sulfide) groups is 1. The number of aromatic nitrogens is 2. The number of ether oxygens (including phenoxy) is 1. The first kappa shape index (κ1) is 26.8. The van der Waals surface area contributed by atoms with Crippen LogP contribution in [0.3, 0.4) is 0 Å². The van der Waals surface area contributed by atoms with E-state index in [-0.39, 0.29) is 29.6 Å². The average molecular weight is 569 g/mol. The van der Waals surface area contributed by atoms with Crippen LogP contribution in [0.1, 0.15) is 29.8 Å². The van der Waals surface area contributed by atoms with Crippen LogP contribution in [-0.2, 0) is 21.3 Å². The first-order chi connectivity index (χ1) is 18.2. The topological polar surface area (TPSA) is 92.7 Å². The van der Waals surface area contributed by atoms with E-state index in [1.165, 1.54) is 27.8 Å². The minimum absolute atomic E-state index is 0.152. The lowest BCUT2D eigenvalue weighted by molar-refractivity contribution is -0.0440. The minimum Gasteiger partial charge on any atom is -0.373 e. The summed E-state index contributed by atoms with van der Waals surface area (Å²) in [5.74, 6) is -0.268. The highest BCUT2D eigenvalue weighted by Gasteiger charge is 2.32. The van der Waals surface area contributed by atoms with Gasteiger partial charge in [-0.15, -0.1) is 11.8 Å². The molecule has 38 heavy (non-hydrogen) atoms. The highest BCUT2D eigenvalue weighted by Crippen LogP contribution is 2.33. The molecule has 0 aliphatic carbocycles. The Labute approximate surface area is 230 Å². The van der Waals surface area contributed by atoms with Gasteiger partial charge in [0.25, 0.3) is 5.91 Å². The van der Waals surface area contributed by atoms with Crippen molar-refractivity contribution in [2.24, 2.45) is 0 Å². The molecule has 0 spiro atoms. The number of anilines is 1. The smallest absolute Gasteiger partial charge is 0.260 e. The van der Waals surface area contributed by atoms with E-state index in [0.717, 1.165) is 20.7 Å². The molecule has 0 saturated carbocycles. The predicted octanol–water partition coefficient (Wildman–Crippen LogP) is 5.06. The van der Waals surface area contributed by atoms with Crippen molar-refractivity contribution >= 4 is 54.4 Å². The second kappa shape index (κ2) is 11.1. The molecule has 198 valence electrons. The lowest BCUT2D eigenvalue weighted by Crippen LogP contribution is -2.48. The molecule has 1 aliphatic heterocycles. The van der Waals surface area contributed by atoms with Crippen molar-refractivity contribution in [1.82, 2.24) is 14.3 Å². The van der Waals surface area contributed by atoms with Gasteiger partial charge in [-0.1, -0.05) is 17.4 Å². The third kappa shape index (κ3) is 5.62. The number of rotatable bonds is 7. The number of morpholine rings is 1. The van der Waals surface area contributed by atoms with E-state index < -0.39 is 10.0 Å². The second-order valence-corrected chi connectivity index (χ2v) is 13.0. The molecule has 11 heteroatoms. The van der Waals surface area contributed by atoms with Gasteiger partial charge in [0.2, 0.25) is 10.0 Å². The molecular weight excluding hydrogens is 541 g/mol. The molecule has 0 bridgehead atoms. The summed E-state index contributed by atoms with van der Waals surface area (Å²) in [6.07, 6.45) is 5.06. The van der Waals surface area contributed by atoms with Crippen LogP contribution in [0.5, 0.6) is 0 Å². The van der Waals surface area contributed by atoms with Crippen LogP contribution in [-0.4, -0.2) is 60.2 Å². The van der Waals surface area contributed by atoms with Gasteiger partial charge in [-0.05, 0) is 74.2 Å². The number of nitrogens with zero attached hydrogens (tertiary/aromatic N) is 4. The maximum absolute atomic E-state index is 13.8. The molecule has 2 unspecified atom stereocenters. The monoisotopic (exact) mass is 568 g/mol. The van der Waals surface area contributed by atoms with E-state index in [0.29, 0.717) is 23.8 Å². The Morgan fingerprint density at radius 3 is 2.53 bits per heavy atom. The summed E-state index contributed by atoms with van der Waals surface area (Å²) in [5.41, 5.74) is 2.06. The molecule has 0 radical (unpaired) electrons. The van der Waals surface area contributed by atoms with E-state index in [1.54, 1.807) is 41.2 Å². The lowest BCUT2D eigenvalue weighted by Gasteiger charge is -2.34. The van der Waals surface area contributed by atoms with Crippen LogP contribution in [0.2, 0.25) is 0 Å². The average Bonchev–Trinajstić information content (AvgIpc) is 3.34. The number of fused-ring (bicyclic) bond motifs is 1. The van der Waals surface area contributed by atoms with Crippen molar-refractivity contribution in [2.75, 3.05) is 24.2 Å². The van der Waals surface area contributed by atoms with Gasteiger partial charge in [-0.25, -0.2) is 13.4 Å². The van der Waals surface area contributed by atoms with Crippen LogP contribution >= 0.6 is 23.1 Å². The summed E-state index contributed by atoms with van der Waals surface area (Å²) >= 11 is 3.10. The van der Waals surface area contributed by atoms with Crippen molar-refractivity contribution in [3.63, 3.8) is 0 Å². The molecule has 0 N–H and O–H groups in total. The molecule has 4 aromatic rings. The number of thiazole rings is 1. The van der Waals surface area contributed by atoms with Gasteiger partial charge in [0.05, 0.1) is 33.9 Å². The second-order valence-electron chi connectivity index (χ2n) is 9.19. The largest absolute Gasteiger partial charge is 0.373 e. The molecule has 3 heterocycles. The van der Waals surface area contributed by atoms with Crippen molar-refractivity contribution in [2.45, 2.75) is 42.4 Å². The number of amides is 1. The fraction of sp³-hybridized carbons (Fsp3) is 0.296. The number of benzene rings is 2. The summed E-state index contributed by atoms with van der Waals surface area (Å²) in [4.78, 5) is 25.6. The normalized spacial score (nSPS) is 18.5. The zero-order valence-corrected chi connectivity index (χ0v) is 23.7. The van der Waals surface area contributed by atoms with Gasteiger partial charge >= 0.3 is 0 Å². The first-order valence-corrected chi connectivity index (χ1v) is 15.6. The number of hydrogen-bond donors (Lipinski definition) is 0. The molecule has 2 aromatic heterocycles. The third-order valence-corrected chi connectivity index (χ3v) is 9.86.